The molecule has 1 amide bonds. The summed E-state index contributed by atoms with van der Waals surface area (Å²) in [7, 11) is 0. The van der Waals surface area contributed by atoms with Gasteiger partial charge in [-0.3, -0.25) is 4.79 Å². The quantitative estimate of drug-likeness (QED) is 0.550. The lowest BCUT2D eigenvalue weighted by molar-refractivity contribution is -0.139. The van der Waals surface area contributed by atoms with E-state index in [1.54, 1.807) is 31.2 Å². The molecule has 142 valence electrons. The normalized spacial score (nSPS) is 11.0. The molecule has 0 aromatic heterocycles. The van der Waals surface area contributed by atoms with Crippen LogP contribution in [0.25, 0.3) is 0 Å². The van der Waals surface area contributed by atoms with Gasteiger partial charge in [0.25, 0.3) is 5.91 Å². The van der Waals surface area contributed by atoms with Gasteiger partial charge in [0.1, 0.15) is 11.5 Å². The van der Waals surface area contributed by atoms with Crippen molar-refractivity contribution in [2.75, 3.05) is 13.2 Å². The van der Waals surface area contributed by atoms with E-state index in [1.807, 2.05) is 32.0 Å². The first-order valence-corrected chi connectivity index (χ1v) is 8.33. The zero-order chi connectivity index (χ0) is 19.8. The molecule has 0 aliphatic heterocycles. The molecule has 0 bridgehead atoms. The summed E-state index contributed by atoms with van der Waals surface area (Å²) in [5.74, 6) is -0.394. The molecule has 2 aromatic rings. The van der Waals surface area contributed by atoms with Gasteiger partial charge in [-0.25, -0.2) is 10.2 Å². The number of carboxylic acids is 1. The third-order valence-corrected chi connectivity index (χ3v) is 3.53. The molecule has 0 saturated heterocycles. The van der Waals surface area contributed by atoms with E-state index in [2.05, 4.69) is 10.5 Å². The molecule has 0 saturated carbocycles. The molecule has 0 heterocycles. The van der Waals surface area contributed by atoms with E-state index < -0.39 is 12.6 Å². The highest BCUT2D eigenvalue weighted by Gasteiger charge is 2.06. The van der Waals surface area contributed by atoms with E-state index in [1.165, 1.54) is 0 Å². The Kier molecular flexibility index (Phi) is 6.93. The summed E-state index contributed by atoms with van der Waals surface area (Å²) < 4.78 is 10.6. The van der Waals surface area contributed by atoms with Gasteiger partial charge in [-0.15, -0.1) is 0 Å². The van der Waals surface area contributed by atoms with Crippen molar-refractivity contribution in [2.24, 2.45) is 5.10 Å². The van der Waals surface area contributed by atoms with Gasteiger partial charge in [0, 0.05) is 5.56 Å². The van der Waals surface area contributed by atoms with Gasteiger partial charge in [0.05, 0.1) is 5.71 Å². The molecule has 2 rings (SSSR count). The van der Waals surface area contributed by atoms with Gasteiger partial charge in [-0.05, 0) is 56.2 Å². The van der Waals surface area contributed by atoms with Gasteiger partial charge in [-0.2, -0.15) is 5.10 Å². The Balaban J connectivity index is 1.91. The summed E-state index contributed by atoms with van der Waals surface area (Å²) in [6.07, 6.45) is 0. The smallest absolute Gasteiger partial charge is 0.341 e. The highest BCUT2D eigenvalue weighted by molar-refractivity contribution is 5.99. The van der Waals surface area contributed by atoms with Crippen molar-refractivity contribution in [1.82, 2.24) is 5.43 Å². The van der Waals surface area contributed by atoms with Crippen LogP contribution in [0.5, 0.6) is 11.5 Å². The van der Waals surface area contributed by atoms with Crippen LogP contribution in [0, 0.1) is 13.8 Å². The number of aryl methyl sites for hydroxylation is 2. The highest BCUT2D eigenvalue weighted by atomic mass is 16.5. The molecular formula is C20H22N2O5. The molecule has 0 spiro atoms. The molecule has 0 aliphatic carbocycles. The third kappa shape index (κ3) is 6.81. The fourth-order valence-corrected chi connectivity index (χ4v) is 2.36. The summed E-state index contributed by atoms with van der Waals surface area (Å²) in [5, 5.41) is 12.7. The monoisotopic (exact) mass is 370 g/mol. The van der Waals surface area contributed by atoms with E-state index in [0.29, 0.717) is 22.8 Å². The largest absolute Gasteiger partial charge is 0.484 e. The fraction of sp³-hybridized carbons (Fsp3) is 0.250. The first-order valence-electron chi connectivity index (χ1n) is 8.33. The molecule has 0 atom stereocenters. The van der Waals surface area contributed by atoms with Gasteiger partial charge in [0.15, 0.2) is 13.2 Å². The van der Waals surface area contributed by atoms with E-state index >= 15 is 0 Å². The second-order valence-corrected chi connectivity index (χ2v) is 6.05. The molecule has 2 N–H and O–H groups in total. The predicted molar refractivity (Wildman–Crippen MR) is 101 cm³/mol. The number of nitrogens with one attached hydrogen (secondary N) is 1. The predicted octanol–water partition coefficient (Wildman–Crippen LogP) is 2.69. The number of carboxylic acid groups (broad SMARTS) is 1. The maximum Gasteiger partial charge on any atom is 0.341 e. The third-order valence-electron chi connectivity index (χ3n) is 3.53. The molecular weight excluding hydrogens is 348 g/mol. The Hall–Kier alpha value is -3.35. The Labute approximate surface area is 157 Å². The first-order chi connectivity index (χ1) is 12.8. The minimum atomic E-state index is -1.05. The zero-order valence-corrected chi connectivity index (χ0v) is 15.5. The maximum atomic E-state index is 11.9. The molecule has 27 heavy (non-hydrogen) atoms. The molecule has 0 fully saturated rings. The SMILES string of the molecule is C/C(=N/NC(=O)COc1cc(C)cc(C)c1)c1cccc(OCC(=O)O)c1. The van der Waals surface area contributed by atoms with E-state index in [9.17, 15) is 9.59 Å². The summed E-state index contributed by atoms with van der Waals surface area (Å²) in [6.45, 7) is 5.07. The van der Waals surface area contributed by atoms with Crippen LogP contribution in [0.15, 0.2) is 47.6 Å². The average molecular weight is 370 g/mol. The Morgan fingerprint density at radius 3 is 2.33 bits per heavy atom. The lowest BCUT2D eigenvalue weighted by Gasteiger charge is -2.08. The zero-order valence-electron chi connectivity index (χ0n) is 15.5. The second-order valence-electron chi connectivity index (χ2n) is 6.05. The van der Waals surface area contributed by atoms with Crippen molar-refractivity contribution in [3.8, 4) is 11.5 Å². The van der Waals surface area contributed by atoms with Gasteiger partial charge in [0.2, 0.25) is 0 Å². The van der Waals surface area contributed by atoms with Crippen LogP contribution >= 0.6 is 0 Å². The molecule has 0 radical (unpaired) electrons. The maximum absolute atomic E-state index is 11.9. The number of ether oxygens (including phenoxy) is 2. The van der Waals surface area contributed by atoms with Crippen molar-refractivity contribution >= 4 is 17.6 Å². The lowest BCUT2D eigenvalue weighted by Crippen LogP contribution is -2.25. The second kappa shape index (κ2) is 9.38. The van der Waals surface area contributed by atoms with Crippen LogP contribution in [0.1, 0.15) is 23.6 Å². The number of amides is 1. The van der Waals surface area contributed by atoms with E-state index in [-0.39, 0.29) is 12.5 Å². The number of nitrogens with zero attached hydrogens (tertiary/aromatic N) is 1. The summed E-state index contributed by atoms with van der Waals surface area (Å²) in [5.41, 5.74) is 5.81. The Bertz CT molecular complexity index is 841. The number of hydrogen-bond donors (Lipinski definition) is 2. The Morgan fingerprint density at radius 1 is 1.00 bits per heavy atom. The molecule has 0 unspecified atom stereocenters. The highest BCUT2D eigenvalue weighted by Crippen LogP contribution is 2.16. The number of hydrazone groups is 1. The molecule has 7 nitrogen and oxygen atoms in total. The van der Waals surface area contributed by atoms with Crippen LogP contribution in [0.4, 0.5) is 0 Å². The van der Waals surface area contributed by atoms with Gasteiger partial charge in [-0.1, -0.05) is 18.2 Å². The first kappa shape index (κ1) is 20.0. The fourth-order valence-electron chi connectivity index (χ4n) is 2.36. The summed E-state index contributed by atoms with van der Waals surface area (Å²) >= 11 is 0. The average Bonchev–Trinajstić information content (AvgIpc) is 2.62. The van der Waals surface area contributed by atoms with Crippen molar-refractivity contribution in [3.05, 3.63) is 59.2 Å². The van der Waals surface area contributed by atoms with Crippen LogP contribution in [-0.2, 0) is 9.59 Å². The minimum absolute atomic E-state index is 0.151. The van der Waals surface area contributed by atoms with Gasteiger partial charge >= 0.3 is 5.97 Å². The Morgan fingerprint density at radius 2 is 1.67 bits per heavy atom. The minimum Gasteiger partial charge on any atom is -0.484 e. The molecule has 0 aliphatic rings. The number of hydrogen-bond acceptors (Lipinski definition) is 5. The number of aliphatic carboxylic acids is 1. The van der Waals surface area contributed by atoms with Gasteiger partial charge < -0.3 is 14.6 Å². The van der Waals surface area contributed by atoms with Crippen molar-refractivity contribution < 1.29 is 24.2 Å². The van der Waals surface area contributed by atoms with Crippen LogP contribution in [0.2, 0.25) is 0 Å². The van der Waals surface area contributed by atoms with E-state index in [4.69, 9.17) is 14.6 Å². The molecule has 7 heteroatoms. The summed E-state index contributed by atoms with van der Waals surface area (Å²) in [6, 6.07) is 12.5. The lowest BCUT2D eigenvalue weighted by atomic mass is 10.1. The number of carbonyl (C=O) groups is 2. The molecule has 2 aromatic carbocycles. The van der Waals surface area contributed by atoms with Crippen molar-refractivity contribution in [1.29, 1.82) is 0 Å². The van der Waals surface area contributed by atoms with Crippen LogP contribution < -0.4 is 14.9 Å². The summed E-state index contributed by atoms with van der Waals surface area (Å²) in [4.78, 5) is 22.5. The topological polar surface area (TPSA) is 97.2 Å². The van der Waals surface area contributed by atoms with Crippen LogP contribution in [0.3, 0.4) is 0 Å². The van der Waals surface area contributed by atoms with Crippen molar-refractivity contribution in [2.45, 2.75) is 20.8 Å². The van der Waals surface area contributed by atoms with E-state index in [0.717, 1.165) is 11.1 Å². The number of rotatable bonds is 8. The number of benzene rings is 2. The van der Waals surface area contributed by atoms with Crippen LogP contribution in [-0.4, -0.2) is 35.9 Å². The number of carbonyl (C=O) groups excluding carboxylic acids is 1. The standard InChI is InChI=1S/C20H22N2O5/c1-13-7-14(2)9-18(8-13)26-11-19(23)22-21-15(3)16-5-4-6-17(10-16)27-12-20(24)25/h4-10H,11-12H2,1-3H3,(H,22,23)(H,24,25)/b21-15-. The van der Waals surface area contributed by atoms with Crippen molar-refractivity contribution in [3.63, 3.8) is 0 Å².